The van der Waals surface area contributed by atoms with Crippen molar-refractivity contribution in [3.8, 4) is 0 Å². The molecule has 4 rings (SSSR count). The molecule has 4 aliphatic rings. The normalized spacial score (nSPS) is 50.5. The van der Waals surface area contributed by atoms with Gasteiger partial charge >= 0.3 is 0 Å². The van der Waals surface area contributed by atoms with E-state index in [1.54, 1.807) is 6.92 Å². The Kier molecular flexibility index (Phi) is 2.87. The molecular weight excluding hydrogens is 276 g/mol. The summed E-state index contributed by atoms with van der Waals surface area (Å²) < 4.78 is 0. The van der Waals surface area contributed by atoms with E-state index in [4.69, 9.17) is 0 Å². The lowest BCUT2D eigenvalue weighted by Gasteiger charge is -2.56. The Morgan fingerprint density at radius 3 is 2.59 bits per heavy atom. The number of rotatable bonds is 0. The van der Waals surface area contributed by atoms with Gasteiger partial charge in [0.2, 0.25) is 11.6 Å². The Morgan fingerprint density at radius 2 is 1.82 bits per heavy atom. The van der Waals surface area contributed by atoms with Gasteiger partial charge in [0.05, 0.1) is 5.41 Å². The molecule has 0 aromatic heterocycles. The van der Waals surface area contributed by atoms with Gasteiger partial charge in [0.25, 0.3) is 5.78 Å². The summed E-state index contributed by atoms with van der Waals surface area (Å²) in [7, 11) is 0. The minimum Gasteiger partial charge on any atom is -0.290 e. The van der Waals surface area contributed by atoms with Crippen LogP contribution in [0.15, 0.2) is 12.2 Å². The Morgan fingerprint density at radius 1 is 1.05 bits per heavy atom. The number of ketones is 3. The summed E-state index contributed by atoms with van der Waals surface area (Å²) >= 11 is 0. The SMILES string of the molecule is C[C@]12CCCCC1CC[C@@H]1[C@@H]2C=C[C@]2(C)C(=O)C(=O)C(=O)[C@@H]12. The molecule has 0 N–H and O–H groups in total. The molecule has 3 heteroatoms. The minimum absolute atomic E-state index is 0.178. The number of hydrogen-bond donors (Lipinski definition) is 0. The van der Waals surface area contributed by atoms with Crippen molar-refractivity contribution in [3.63, 3.8) is 0 Å². The Bertz CT molecular complexity index is 604. The fourth-order valence-electron chi connectivity index (χ4n) is 6.18. The highest BCUT2D eigenvalue weighted by molar-refractivity contribution is 6.69. The summed E-state index contributed by atoms with van der Waals surface area (Å²) in [5.74, 6) is -0.780. The smallest absolute Gasteiger partial charge is 0.265 e. The van der Waals surface area contributed by atoms with Crippen LogP contribution in [0.1, 0.15) is 52.4 Å². The van der Waals surface area contributed by atoms with Crippen LogP contribution in [0, 0.1) is 34.5 Å². The zero-order chi connectivity index (χ0) is 15.7. The first kappa shape index (κ1) is 14.3. The molecule has 3 nitrogen and oxygen atoms in total. The lowest BCUT2D eigenvalue weighted by molar-refractivity contribution is -0.141. The summed E-state index contributed by atoms with van der Waals surface area (Å²) in [5, 5.41) is 0. The average Bonchev–Trinajstić information content (AvgIpc) is 2.68. The van der Waals surface area contributed by atoms with Crippen molar-refractivity contribution in [1.82, 2.24) is 0 Å². The second kappa shape index (κ2) is 4.39. The Balaban J connectivity index is 1.79. The van der Waals surface area contributed by atoms with E-state index >= 15 is 0 Å². The van der Waals surface area contributed by atoms with Crippen LogP contribution < -0.4 is 0 Å². The first-order chi connectivity index (χ1) is 10.4. The predicted molar refractivity (Wildman–Crippen MR) is 82.0 cm³/mol. The Labute approximate surface area is 131 Å². The van der Waals surface area contributed by atoms with Crippen LogP contribution in [0.2, 0.25) is 0 Å². The number of fused-ring (bicyclic) bond motifs is 5. The van der Waals surface area contributed by atoms with Crippen LogP contribution in [-0.2, 0) is 14.4 Å². The van der Waals surface area contributed by atoms with Gasteiger partial charge in [0, 0.05) is 5.92 Å². The first-order valence-corrected chi connectivity index (χ1v) is 8.72. The molecule has 6 atom stereocenters. The zero-order valence-electron chi connectivity index (χ0n) is 13.4. The van der Waals surface area contributed by atoms with Crippen molar-refractivity contribution >= 4 is 17.3 Å². The fraction of sp³-hybridized carbons (Fsp3) is 0.737. The number of allylic oxidation sites excluding steroid dienone is 2. The van der Waals surface area contributed by atoms with Gasteiger partial charge in [-0.2, -0.15) is 0 Å². The number of carbonyl (C=O) groups is 3. The largest absolute Gasteiger partial charge is 0.290 e. The van der Waals surface area contributed by atoms with Crippen molar-refractivity contribution in [2.24, 2.45) is 34.5 Å². The molecule has 0 aliphatic heterocycles. The van der Waals surface area contributed by atoms with Gasteiger partial charge < -0.3 is 0 Å². The third kappa shape index (κ3) is 1.55. The molecule has 1 unspecified atom stereocenters. The maximum absolute atomic E-state index is 12.5. The van der Waals surface area contributed by atoms with E-state index in [2.05, 4.69) is 13.0 Å². The van der Waals surface area contributed by atoms with E-state index in [9.17, 15) is 14.4 Å². The molecule has 3 saturated carbocycles. The van der Waals surface area contributed by atoms with Gasteiger partial charge in [-0.3, -0.25) is 14.4 Å². The van der Waals surface area contributed by atoms with Crippen LogP contribution in [0.25, 0.3) is 0 Å². The molecule has 0 saturated heterocycles. The molecule has 118 valence electrons. The van der Waals surface area contributed by atoms with Gasteiger partial charge in [-0.25, -0.2) is 0 Å². The molecule has 0 radical (unpaired) electrons. The molecule has 22 heavy (non-hydrogen) atoms. The van der Waals surface area contributed by atoms with E-state index < -0.39 is 28.7 Å². The van der Waals surface area contributed by atoms with E-state index in [1.807, 2.05) is 6.08 Å². The van der Waals surface area contributed by atoms with Crippen molar-refractivity contribution in [2.75, 3.05) is 0 Å². The highest BCUT2D eigenvalue weighted by Gasteiger charge is 2.64. The van der Waals surface area contributed by atoms with E-state index in [1.165, 1.54) is 25.7 Å². The fourth-order valence-corrected chi connectivity index (χ4v) is 6.18. The van der Waals surface area contributed by atoms with E-state index in [0.717, 1.165) is 18.8 Å². The maximum Gasteiger partial charge on any atom is 0.265 e. The lowest BCUT2D eigenvalue weighted by Crippen LogP contribution is -2.51. The van der Waals surface area contributed by atoms with Crippen molar-refractivity contribution in [2.45, 2.75) is 52.4 Å². The molecular formula is C19H24O3. The topological polar surface area (TPSA) is 51.2 Å². The van der Waals surface area contributed by atoms with Gasteiger partial charge in [0.15, 0.2) is 0 Å². The average molecular weight is 300 g/mol. The molecule has 0 aromatic carbocycles. The number of Topliss-reactive ketones (excluding diaryl/α,β-unsaturated/α-hetero) is 3. The first-order valence-electron chi connectivity index (χ1n) is 8.72. The zero-order valence-corrected chi connectivity index (χ0v) is 13.4. The minimum atomic E-state index is -0.868. The van der Waals surface area contributed by atoms with Gasteiger partial charge in [-0.1, -0.05) is 31.9 Å². The van der Waals surface area contributed by atoms with Crippen LogP contribution in [-0.4, -0.2) is 17.3 Å². The third-order valence-corrected chi connectivity index (χ3v) is 7.45. The standard InChI is InChI=1S/C19H24O3/c1-18-9-4-3-5-11(18)6-7-12-13(18)8-10-19(2)14(12)15(20)16(21)17(19)22/h8,10-14H,3-7,9H2,1-2H3/t11?,12-,13+,14-,18+,19+/m1/s1. The highest BCUT2D eigenvalue weighted by atomic mass is 16.2. The number of hydrogen-bond acceptors (Lipinski definition) is 3. The van der Waals surface area contributed by atoms with Gasteiger partial charge in [0.1, 0.15) is 0 Å². The molecule has 3 fully saturated rings. The van der Waals surface area contributed by atoms with E-state index in [-0.39, 0.29) is 11.3 Å². The monoisotopic (exact) mass is 300 g/mol. The summed E-state index contributed by atoms with van der Waals surface area (Å²) in [6, 6.07) is 0. The van der Waals surface area contributed by atoms with Crippen LogP contribution in [0.3, 0.4) is 0 Å². The summed E-state index contributed by atoms with van der Waals surface area (Å²) in [4.78, 5) is 36.7. The summed E-state index contributed by atoms with van der Waals surface area (Å²) in [6.07, 6.45) is 11.3. The molecule has 0 amide bonds. The van der Waals surface area contributed by atoms with Crippen molar-refractivity contribution in [3.05, 3.63) is 12.2 Å². The van der Waals surface area contributed by atoms with Crippen LogP contribution in [0.4, 0.5) is 0 Å². The molecule has 4 aliphatic carbocycles. The van der Waals surface area contributed by atoms with Crippen molar-refractivity contribution < 1.29 is 14.4 Å². The third-order valence-electron chi connectivity index (χ3n) is 7.45. The van der Waals surface area contributed by atoms with Gasteiger partial charge in [-0.05, 0) is 55.8 Å². The summed E-state index contributed by atoms with van der Waals surface area (Å²) in [5.41, 5.74) is -0.624. The highest BCUT2D eigenvalue weighted by Crippen LogP contribution is 2.62. The lowest BCUT2D eigenvalue weighted by atomic mass is 9.47. The Hall–Kier alpha value is -1.25. The number of carbonyl (C=O) groups excluding carboxylic acids is 3. The quantitative estimate of drug-likeness (QED) is 0.510. The second-order valence-electron chi connectivity index (χ2n) is 8.36. The van der Waals surface area contributed by atoms with Crippen LogP contribution in [0.5, 0.6) is 0 Å². The van der Waals surface area contributed by atoms with E-state index in [0.29, 0.717) is 5.92 Å². The maximum atomic E-state index is 12.5. The summed E-state index contributed by atoms with van der Waals surface area (Å²) in [6.45, 7) is 4.18. The molecule has 0 aromatic rings. The molecule has 0 bridgehead atoms. The predicted octanol–water partition coefficient (Wildman–Crippen LogP) is 3.12. The van der Waals surface area contributed by atoms with Crippen LogP contribution >= 0.6 is 0 Å². The second-order valence-corrected chi connectivity index (χ2v) is 8.36. The van der Waals surface area contributed by atoms with Gasteiger partial charge in [-0.15, -0.1) is 0 Å². The molecule has 0 heterocycles. The van der Waals surface area contributed by atoms with Crippen molar-refractivity contribution in [1.29, 1.82) is 0 Å². The molecule has 0 spiro atoms.